The number of aliphatic imine (C=N–C) groups is 1. The average Bonchev–Trinajstić information content (AvgIpc) is 2.64. The van der Waals surface area contributed by atoms with Crippen LogP contribution in [0.1, 0.15) is 6.92 Å². The van der Waals surface area contributed by atoms with Crippen molar-refractivity contribution in [2.45, 2.75) is 13.5 Å². The molecular weight excluding hydrogens is 184 g/mol. The summed E-state index contributed by atoms with van der Waals surface area (Å²) in [7, 11) is 0. The molecule has 0 aliphatic rings. The van der Waals surface area contributed by atoms with Crippen LogP contribution >= 0.6 is 11.3 Å². The second-order valence-corrected chi connectivity index (χ2v) is 3.57. The number of hydrogen-bond donors (Lipinski definition) is 0. The molecule has 0 saturated carbocycles. The largest absolute Gasteiger partial charge is 0.325 e. The van der Waals surface area contributed by atoms with E-state index in [-0.39, 0.29) is 0 Å². The van der Waals surface area contributed by atoms with Gasteiger partial charge in [-0.15, -0.1) is 16.3 Å². The van der Waals surface area contributed by atoms with E-state index < -0.39 is 0 Å². The first-order valence-corrected chi connectivity index (χ1v) is 4.89. The SMILES string of the molecule is CCn1c(N=C=O)cc2sccc21. The Morgan fingerprint density at radius 3 is 3.23 bits per heavy atom. The molecule has 13 heavy (non-hydrogen) atoms. The van der Waals surface area contributed by atoms with Gasteiger partial charge in [-0.2, -0.15) is 0 Å². The van der Waals surface area contributed by atoms with Crippen molar-refractivity contribution < 1.29 is 4.79 Å². The molecule has 3 nitrogen and oxygen atoms in total. The number of hydrogen-bond acceptors (Lipinski definition) is 3. The number of aryl methyl sites for hydroxylation is 1. The Kier molecular flexibility index (Phi) is 2.00. The second kappa shape index (κ2) is 3.17. The molecule has 4 heteroatoms. The highest BCUT2D eigenvalue weighted by molar-refractivity contribution is 7.17. The van der Waals surface area contributed by atoms with E-state index in [2.05, 4.69) is 4.99 Å². The first-order valence-electron chi connectivity index (χ1n) is 4.01. The summed E-state index contributed by atoms with van der Waals surface area (Å²) in [5, 5.41) is 2.03. The third-order valence-electron chi connectivity index (χ3n) is 1.98. The van der Waals surface area contributed by atoms with Crippen LogP contribution in [0.5, 0.6) is 0 Å². The monoisotopic (exact) mass is 192 g/mol. The van der Waals surface area contributed by atoms with Crippen molar-refractivity contribution in [1.29, 1.82) is 0 Å². The zero-order valence-electron chi connectivity index (χ0n) is 7.15. The summed E-state index contributed by atoms with van der Waals surface area (Å²) in [6.07, 6.45) is 1.57. The summed E-state index contributed by atoms with van der Waals surface area (Å²) < 4.78 is 3.16. The quantitative estimate of drug-likeness (QED) is 0.532. The molecular formula is C9H8N2OS. The van der Waals surface area contributed by atoms with Crippen molar-refractivity contribution in [2.75, 3.05) is 0 Å². The van der Waals surface area contributed by atoms with E-state index in [1.165, 1.54) is 0 Å². The zero-order valence-corrected chi connectivity index (χ0v) is 7.97. The fraction of sp³-hybridized carbons (Fsp3) is 0.222. The smallest absolute Gasteiger partial charge is 0.242 e. The average molecular weight is 192 g/mol. The number of aromatic nitrogens is 1. The van der Waals surface area contributed by atoms with Crippen molar-refractivity contribution in [3.8, 4) is 0 Å². The molecule has 0 N–H and O–H groups in total. The Hall–Kier alpha value is -1.38. The minimum atomic E-state index is 0.694. The van der Waals surface area contributed by atoms with Gasteiger partial charge in [-0.3, -0.25) is 0 Å². The molecule has 2 rings (SSSR count). The van der Waals surface area contributed by atoms with Crippen LogP contribution in [0.25, 0.3) is 10.2 Å². The minimum Gasteiger partial charge on any atom is -0.325 e. The van der Waals surface area contributed by atoms with Crippen molar-refractivity contribution in [2.24, 2.45) is 4.99 Å². The van der Waals surface area contributed by atoms with Gasteiger partial charge < -0.3 is 4.57 Å². The van der Waals surface area contributed by atoms with Gasteiger partial charge in [0, 0.05) is 12.6 Å². The molecule has 0 atom stereocenters. The standard InChI is InChI=1S/C9H8N2OS/c1-2-11-7-3-4-13-8(7)5-9(11)10-6-12/h3-5H,2H2,1H3. The number of carbonyl (C=O) groups excluding carboxylic acids is 1. The Morgan fingerprint density at radius 2 is 2.54 bits per heavy atom. The lowest BCUT2D eigenvalue weighted by Gasteiger charge is -1.99. The first kappa shape index (κ1) is 8.23. The van der Waals surface area contributed by atoms with E-state index >= 15 is 0 Å². The predicted molar refractivity (Wildman–Crippen MR) is 53.3 cm³/mol. The fourth-order valence-corrected chi connectivity index (χ4v) is 2.25. The van der Waals surface area contributed by atoms with Crippen molar-refractivity contribution in [1.82, 2.24) is 4.57 Å². The summed E-state index contributed by atoms with van der Waals surface area (Å²) in [6, 6.07) is 3.95. The van der Waals surface area contributed by atoms with Crippen LogP contribution in [0.2, 0.25) is 0 Å². The van der Waals surface area contributed by atoms with Gasteiger partial charge in [-0.05, 0) is 18.4 Å². The highest BCUT2D eigenvalue weighted by atomic mass is 32.1. The van der Waals surface area contributed by atoms with Crippen LogP contribution in [-0.4, -0.2) is 10.6 Å². The molecule has 0 bridgehead atoms. The summed E-state index contributed by atoms with van der Waals surface area (Å²) >= 11 is 1.65. The number of fused-ring (bicyclic) bond motifs is 1. The number of nitrogens with zero attached hydrogens (tertiary/aromatic N) is 2. The lowest BCUT2D eigenvalue weighted by atomic mass is 10.5. The van der Waals surface area contributed by atoms with Gasteiger partial charge in [0.2, 0.25) is 6.08 Å². The van der Waals surface area contributed by atoms with Crippen LogP contribution < -0.4 is 0 Å². The van der Waals surface area contributed by atoms with E-state index in [1.807, 2.05) is 29.0 Å². The maximum absolute atomic E-state index is 10.1. The van der Waals surface area contributed by atoms with Crippen molar-refractivity contribution >= 4 is 33.5 Å². The van der Waals surface area contributed by atoms with Crippen LogP contribution in [0.15, 0.2) is 22.5 Å². The molecule has 0 unspecified atom stereocenters. The van der Waals surface area contributed by atoms with Gasteiger partial charge in [0.15, 0.2) is 0 Å². The second-order valence-electron chi connectivity index (χ2n) is 2.62. The Labute approximate surface area is 79.3 Å². The van der Waals surface area contributed by atoms with E-state index in [0.717, 1.165) is 16.8 Å². The van der Waals surface area contributed by atoms with E-state index in [9.17, 15) is 4.79 Å². The molecule has 66 valence electrons. The molecule has 0 spiro atoms. The molecule has 2 heterocycles. The molecule has 0 saturated heterocycles. The Balaban J connectivity index is 2.74. The molecule has 0 aliphatic heterocycles. The maximum atomic E-state index is 10.1. The molecule has 2 aromatic rings. The number of rotatable bonds is 2. The lowest BCUT2D eigenvalue weighted by molar-refractivity contribution is 0.565. The van der Waals surface area contributed by atoms with Crippen molar-refractivity contribution in [3.05, 3.63) is 17.5 Å². The maximum Gasteiger partial charge on any atom is 0.242 e. The molecule has 0 radical (unpaired) electrons. The molecule has 0 fully saturated rings. The number of thiophene rings is 1. The van der Waals surface area contributed by atoms with Gasteiger partial charge in [0.25, 0.3) is 0 Å². The van der Waals surface area contributed by atoms with Gasteiger partial charge in [0.1, 0.15) is 5.82 Å². The van der Waals surface area contributed by atoms with E-state index in [1.54, 1.807) is 17.4 Å². The number of isocyanates is 1. The van der Waals surface area contributed by atoms with Crippen LogP contribution in [0.3, 0.4) is 0 Å². The zero-order chi connectivity index (χ0) is 9.26. The molecule has 0 amide bonds. The van der Waals surface area contributed by atoms with Crippen LogP contribution in [0.4, 0.5) is 5.82 Å². The van der Waals surface area contributed by atoms with E-state index in [0.29, 0.717) is 5.82 Å². The third-order valence-corrected chi connectivity index (χ3v) is 2.83. The Morgan fingerprint density at radius 1 is 1.69 bits per heavy atom. The van der Waals surface area contributed by atoms with Crippen LogP contribution in [0, 0.1) is 0 Å². The van der Waals surface area contributed by atoms with E-state index in [4.69, 9.17) is 0 Å². The van der Waals surface area contributed by atoms with Gasteiger partial charge in [-0.25, -0.2) is 4.79 Å². The third kappa shape index (κ3) is 1.20. The highest BCUT2D eigenvalue weighted by Crippen LogP contribution is 2.29. The molecule has 0 aromatic carbocycles. The lowest BCUT2D eigenvalue weighted by Crippen LogP contribution is -1.90. The minimum absolute atomic E-state index is 0.694. The highest BCUT2D eigenvalue weighted by Gasteiger charge is 2.06. The topological polar surface area (TPSA) is 34.4 Å². The van der Waals surface area contributed by atoms with Crippen molar-refractivity contribution in [3.63, 3.8) is 0 Å². The first-order chi connectivity index (χ1) is 6.36. The molecule has 2 aromatic heterocycles. The molecule has 0 aliphatic carbocycles. The fourth-order valence-electron chi connectivity index (χ4n) is 1.44. The summed E-state index contributed by atoms with van der Waals surface area (Å²) in [4.78, 5) is 13.8. The normalized spacial score (nSPS) is 10.2. The predicted octanol–water partition coefficient (Wildman–Crippen LogP) is 2.69. The van der Waals surface area contributed by atoms with Crippen LogP contribution in [-0.2, 0) is 11.3 Å². The van der Waals surface area contributed by atoms with Gasteiger partial charge in [-0.1, -0.05) is 0 Å². The summed E-state index contributed by atoms with van der Waals surface area (Å²) in [6.45, 7) is 2.85. The van der Waals surface area contributed by atoms with Gasteiger partial charge in [0.05, 0.1) is 10.2 Å². The summed E-state index contributed by atoms with van der Waals surface area (Å²) in [5.74, 6) is 0.694. The Bertz CT molecular complexity index is 477. The summed E-state index contributed by atoms with van der Waals surface area (Å²) in [5.41, 5.74) is 1.14. The van der Waals surface area contributed by atoms with Gasteiger partial charge >= 0.3 is 0 Å².